The van der Waals surface area contributed by atoms with Crippen molar-refractivity contribution in [3.63, 3.8) is 0 Å². The molecule has 0 atom stereocenters. The van der Waals surface area contributed by atoms with Gasteiger partial charge in [0.1, 0.15) is 18.2 Å². The number of rotatable bonds is 10. The molecule has 33 heavy (non-hydrogen) atoms. The Bertz CT molecular complexity index is 1140. The van der Waals surface area contributed by atoms with E-state index >= 15 is 0 Å². The Morgan fingerprint density at radius 1 is 0.970 bits per heavy atom. The minimum atomic E-state index is -0.376. The highest BCUT2D eigenvalue weighted by Crippen LogP contribution is 2.29. The maximum absolute atomic E-state index is 13.7. The highest BCUT2D eigenvalue weighted by atomic mass is 79.9. The number of carbonyl (C=O) groups is 1. The molecule has 0 fully saturated rings. The zero-order chi connectivity index (χ0) is 23.6. The molecular formula is C25H24BrFN2O4. The molecule has 6 nitrogen and oxygen atoms in total. The summed E-state index contributed by atoms with van der Waals surface area (Å²) in [7, 11) is 0. The lowest BCUT2D eigenvalue weighted by atomic mass is 10.2. The van der Waals surface area contributed by atoms with Crippen molar-refractivity contribution in [1.29, 1.82) is 0 Å². The summed E-state index contributed by atoms with van der Waals surface area (Å²) in [6.45, 7) is 4.81. The molecule has 3 aromatic rings. The van der Waals surface area contributed by atoms with E-state index in [0.29, 0.717) is 46.1 Å². The standard InChI is InChI=1S/C25H24BrFN2O4/c1-3-31-23-12-10-18(14-24(23)32-4-2)25(30)29-28-15-17-9-11-22(20(26)13-17)33-16-19-7-5-6-8-21(19)27/h5-15H,3-4,16H2,1-2H3,(H,29,30)/b28-15+. The lowest BCUT2D eigenvalue weighted by Gasteiger charge is -2.11. The molecule has 3 rings (SSSR count). The summed E-state index contributed by atoms with van der Waals surface area (Å²) in [5.74, 6) is 0.970. The van der Waals surface area contributed by atoms with Crippen LogP contribution in [0.2, 0.25) is 0 Å². The summed E-state index contributed by atoms with van der Waals surface area (Å²) < 4.78 is 31.2. The number of halogens is 2. The zero-order valence-electron chi connectivity index (χ0n) is 18.3. The van der Waals surface area contributed by atoms with Crippen molar-refractivity contribution in [1.82, 2.24) is 5.43 Å². The first-order chi connectivity index (χ1) is 16.0. The summed E-state index contributed by atoms with van der Waals surface area (Å²) >= 11 is 3.45. The number of hydrogen-bond acceptors (Lipinski definition) is 5. The minimum absolute atomic E-state index is 0.112. The van der Waals surface area contributed by atoms with Gasteiger partial charge in [0.15, 0.2) is 11.5 Å². The zero-order valence-corrected chi connectivity index (χ0v) is 19.9. The predicted molar refractivity (Wildman–Crippen MR) is 129 cm³/mol. The van der Waals surface area contributed by atoms with Crippen molar-refractivity contribution < 1.29 is 23.4 Å². The van der Waals surface area contributed by atoms with Crippen molar-refractivity contribution in [2.75, 3.05) is 13.2 Å². The molecular weight excluding hydrogens is 491 g/mol. The van der Waals surface area contributed by atoms with Crippen LogP contribution < -0.4 is 19.6 Å². The Balaban J connectivity index is 1.60. The summed E-state index contributed by atoms with van der Waals surface area (Å²) in [5, 5.41) is 4.02. The maximum Gasteiger partial charge on any atom is 0.271 e. The molecule has 0 unspecified atom stereocenters. The van der Waals surface area contributed by atoms with Crippen molar-refractivity contribution >= 4 is 28.1 Å². The number of carbonyl (C=O) groups excluding carboxylic acids is 1. The van der Waals surface area contributed by atoms with Gasteiger partial charge >= 0.3 is 0 Å². The number of benzene rings is 3. The van der Waals surface area contributed by atoms with Crippen molar-refractivity contribution in [2.45, 2.75) is 20.5 Å². The topological polar surface area (TPSA) is 69.2 Å². The van der Waals surface area contributed by atoms with E-state index in [-0.39, 0.29) is 18.3 Å². The lowest BCUT2D eigenvalue weighted by molar-refractivity contribution is 0.0954. The van der Waals surface area contributed by atoms with Crippen LogP contribution in [0.3, 0.4) is 0 Å². The maximum atomic E-state index is 13.7. The quantitative estimate of drug-likeness (QED) is 0.277. The second-order valence-electron chi connectivity index (χ2n) is 6.80. The number of hydrogen-bond donors (Lipinski definition) is 1. The van der Waals surface area contributed by atoms with Gasteiger partial charge in [-0.25, -0.2) is 9.82 Å². The molecule has 0 aliphatic heterocycles. The smallest absolute Gasteiger partial charge is 0.271 e. The normalized spacial score (nSPS) is 10.8. The van der Waals surface area contributed by atoms with Gasteiger partial charge in [0, 0.05) is 11.1 Å². The first-order valence-electron chi connectivity index (χ1n) is 10.4. The van der Waals surface area contributed by atoms with Crippen LogP contribution in [0.25, 0.3) is 0 Å². The first kappa shape index (κ1) is 24.3. The van der Waals surface area contributed by atoms with E-state index in [0.717, 1.165) is 5.56 Å². The summed E-state index contributed by atoms with van der Waals surface area (Å²) in [4.78, 5) is 12.4. The number of ether oxygens (including phenoxy) is 3. The number of hydrazone groups is 1. The van der Waals surface area contributed by atoms with Crippen LogP contribution in [0.4, 0.5) is 4.39 Å². The fraction of sp³-hybridized carbons (Fsp3) is 0.200. The molecule has 0 radical (unpaired) electrons. The van der Waals surface area contributed by atoms with Gasteiger partial charge in [-0.3, -0.25) is 4.79 Å². The van der Waals surface area contributed by atoms with Gasteiger partial charge in [0.2, 0.25) is 0 Å². The van der Waals surface area contributed by atoms with E-state index in [1.54, 1.807) is 54.6 Å². The van der Waals surface area contributed by atoms with Gasteiger partial charge in [-0.15, -0.1) is 0 Å². The molecule has 1 amide bonds. The van der Waals surface area contributed by atoms with Crippen LogP contribution in [-0.4, -0.2) is 25.3 Å². The fourth-order valence-corrected chi connectivity index (χ4v) is 3.42. The minimum Gasteiger partial charge on any atom is -0.490 e. The van der Waals surface area contributed by atoms with Crippen molar-refractivity contribution in [3.8, 4) is 17.2 Å². The van der Waals surface area contributed by atoms with Crippen LogP contribution in [0.15, 0.2) is 70.2 Å². The molecule has 8 heteroatoms. The third kappa shape index (κ3) is 6.79. The third-order valence-electron chi connectivity index (χ3n) is 4.48. The molecule has 0 saturated heterocycles. The van der Waals surface area contributed by atoms with Crippen molar-refractivity contribution in [2.24, 2.45) is 5.10 Å². The van der Waals surface area contributed by atoms with Crippen LogP contribution in [0.1, 0.15) is 35.3 Å². The van der Waals surface area contributed by atoms with E-state index in [9.17, 15) is 9.18 Å². The molecule has 0 bridgehead atoms. The van der Waals surface area contributed by atoms with E-state index in [2.05, 4.69) is 26.5 Å². The average molecular weight is 515 g/mol. The molecule has 172 valence electrons. The molecule has 0 heterocycles. The highest BCUT2D eigenvalue weighted by molar-refractivity contribution is 9.10. The Kier molecular flexibility index (Phi) is 8.83. The number of nitrogens with one attached hydrogen (secondary N) is 1. The molecule has 0 saturated carbocycles. The second-order valence-corrected chi connectivity index (χ2v) is 7.65. The molecule has 0 spiro atoms. The van der Waals surface area contributed by atoms with Gasteiger partial charge in [0.25, 0.3) is 5.91 Å². The number of amides is 1. The molecule has 1 N–H and O–H groups in total. The Labute approximate surface area is 200 Å². The largest absolute Gasteiger partial charge is 0.490 e. The molecule has 0 aliphatic rings. The van der Waals surface area contributed by atoms with Crippen LogP contribution in [0.5, 0.6) is 17.2 Å². The van der Waals surface area contributed by atoms with Gasteiger partial charge < -0.3 is 14.2 Å². The summed E-state index contributed by atoms with van der Waals surface area (Å²) in [5.41, 5.74) is 4.11. The number of nitrogens with zero attached hydrogens (tertiary/aromatic N) is 1. The van der Waals surface area contributed by atoms with E-state index in [1.165, 1.54) is 12.3 Å². The van der Waals surface area contributed by atoms with Crippen LogP contribution in [0, 0.1) is 5.82 Å². The molecule has 3 aromatic carbocycles. The Hall–Kier alpha value is -3.39. The molecule has 0 aromatic heterocycles. The van der Waals surface area contributed by atoms with Crippen LogP contribution in [-0.2, 0) is 6.61 Å². The highest BCUT2D eigenvalue weighted by Gasteiger charge is 2.11. The van der Waals surface area contributed by atoms with E-state index in [4.69, 9.17) is 14.2 Å². The van der Waals surface area contributed by atoms with E-state index < -0.39 is 0 Å². The molecule has 0 aliphatic carbocycles. The third-order valence-corrected chi connectivity index (χ3v) is 5.10. The SMILES string of the molecule is CCOc1ccc(C(=O)N/N=C/c2ccc(OCc3ccccc3F)c(Br)c2)cc1OCC. The summed E-state index contributed by atoms with van der Waals surface area (Å²) in [6, 6.07) is 16.7. The Morgan fingerprint density at radius 3 is 2.42 bits per heavy atom. The van der Waals surface area contributed by atoms with Gasteiger partial charge in [-0.1, -0.05) is 18.2 Å². The van der Waals surface area contributed by atoms with E-state index in [1.807, 2.05) is 13.8 Å². The average Bonchev–Trinajstić information content (AvgIpc) is 2.81. The fourth-order valence-electron chi connectivity index (χ4n) is 2.91. The van der Waals surface area contributed by atoms with Gasteiger partial charge in [-0.05, 0) is 77.8 Å². The lowest BCUT2D eigenvalue weighted by Crippen LogP contribution is -2.17. The second kappa shape index (κ2) is 12.0. The predicted octanol–water partition coefficient (Wildman–Crippen LogP) is 5.73. The van der Waals surface area contributed by atoms with Crippen molar-refractivity contribution in [3.05, 3.63) is 87.6 Å². The van der Waals surface area contributed by atoms with Crippen LogP contribution >= 0.6 is 15.9 Å². The van der Waals surface area contributed by atoms with Gasteiger partial charge in [-0.2, -0.15) is 5.10 Å². The Morgan fingerprint density at radius 2 is 1.70 bits per heavy atom. The summed E-state index contributed by atoms with van der Waals surface area (Å²) in [6.07, 6.45) is 1.52. The monoisotopic (exact) mass is 514 g/mol. The first-order valence-corrected chi connectivity index (χ1v) is 11.2. The van der Waals surface area contributed by atoms with Gasteiger partial charge in [0.05, 0.1) is 23.9 Å².